The van der Waals surface area contributed by atoms with Crippen LogP contribution in [0.4, 0.5) is 0 Å². The smallest absolute Gasteiger partial charge is 0.243 e. The highest BCUT2D eigenvalue weighted by molar-refractivity contribution is 7.89. The lowest BCUT2D eigenvalue weighted by molar-refractivity contribution is -0.131. The van der Waals surface area contributed by atoms with Crippen molar-refractivity contribution in [2.24, 2.45) is 5.92 Å². The molecule has 1 saturated heterocycles. The fourth-order valence-corrected chi connectivity index (χ4v) is 4.85. The predicted molar refractivity (Wildman–Crippen MR) is 104 cm³/mol. The summed E-state index contributed by atoms with van der Waals surface area (Å²) in [5, 5.41) is 3.20. The van der Waals surface area contributed by atoms with Crippen molar-refractivity contribution in [1.29, 1.82) is 0 Å². The van der Waals surface area contributed by atoms with Crippen molar-refractivity contribution in [2.75, 3.05) is 39.3 Å². The van der Waals surface area contributed by atoms with Gasteiger partial charge in [0, 0.05) is 26.2 Å². The van der Waals surface area contributed by atoms with E-state index >= 15 is 0 Å². The number of sulfonamides is 1. The highest BCUT2D eigenvalue weighted by atomic mass is 35.5. The molecular weight excluding hydrogens is 374 g/mol. The quantitative estimate of drug-likeness (QED) is 0.785. The van der Waals surface area contributed by atoms with Crippen LogP contribution < -0.4 is 5.32 Å². The van der Waals surface area contributed by atoms with Crippen LogP contribution in [0.2, 0.25) is 0 Å². The number of amides is 1. The van der Waals surface area contributed by atoms with Crippen LogP contribution in [-0.4, -0.2) is 62.8 Å². The summed E-state index contributed by atoms with van der Waals surface area (Å²) < 4.78 is 27.3. The minimum atomic E-state index is -3.50. The first-order chi connectivity index (χ1) is 11.9. The van der Waals surface area contributed by atoms with Crippen molar-refractivity contribution < 1.29 is 13.2 Å². The Balaban J connectivity index is 0.00000243. The highest BCUT2D eigenvalue weighted by Crippen LogP contribution is 2.27. The van der Waals surface area contributed by atoms with Crippen molar-refractivity contribution in [2.45, 2.75) is 31.6 Å². The molecule has 0 spiro atoms. The van der Waals surface area contributed by atoms with Gasteiger partial charge in [-0.2, -0.15) is 4.31 Å². The molecule has 1 saturated carbocycles. The first kappa shape index (κ1) is 21.2. The lowest BCUT2D eigenvalue weighted by atomic mass is 10.2. The van der Waals surface area contributed by atoms with E-state index in [1.165, 1.54) is 17.1 Å². The van der Waals surface area contributed by atoms with Gasteiger partial charge in [-0.1, -0.05) is 12.1 Å². The standard InChI is InChI=1S/C18H27N3O3S.ClH/c1-14-3-4-15(2)17(11-14)25(23,24)21-9-7-20(8-10-21)18(22)13-19-12-16-5-6-16;/h3-4,11,16,19H,5-10,12-13H2,1-2H3;1H. The molecule has 2 fully saturated rings. The average molecular weight is 402 g/mol. The fourth-order valence-electron chi connectivity index (χ4n) is 3.12. The molecule has 0 aromatic heterocycles. The van der Waals surface area contributed by atoms with Crippen LogP contribution in [0.1, 0.15) is 24.0 Å². The van der Waals surface area contributed by atoms with Crippen molar-refractivity contribution in [3.05, 3.63) is 29.3 Å². The third kappa shape index (κ3) is 4.97. The number of hydrogen-bond acceptors (Lipinski definition) is 4. The van der Waals surface area contributed by atoms with E-state index in [4.69, 9.17) is 0 Å². The molecule has 26 heavy (non-hydrogen) atoms. The normalized spacial score (nSPS) is 18.5. The molecule has 8 heteroatoms. The predicted octanol–water partition coefficient (Wildman–Crippen LogP) is 1.56. The molecular formula is C18H28ClN3O3S. The van der Waals surface area contributed by atoms with E-state index < -0.39 is 10.0 Å². The first-order valence-corrected chi connectivity index (χ1v) is 10.4. The summed E-state index contributed by atoms with van der Waals surface area (Å²) in [6.07, 6.45) is 2.52. The Bertz CT molecular complexity index is 742. The van der Waals surface area contributed by atoms with Crippen LogP contribution in [0.25, 0.3) is 0 Å². The molecule has 1 aromatic rings. The Morgan fingerprint density at radius 2 is 1.81 bits per heavy atom. The second-order valence-corrected chi connectivity index (χ2v) is 9.03. The van der Waals surface area contributed by atoms with E-state index in [0.29, 0.717) is 37.6 Å². The van der Waals surface area contributed by atoms with Crippen LogP contribution in [0.15, 0.2) is 23.1 Å². The number of nitrogens with one attached hydrogen (secondary N) is 1. The number of benzene rings is 1. The summed E-state index contributed by atoms with van der Waals surface area (Å²) in [5.41, 5.74) is 1.69. The van der Waals surface area contributed by atoms with Gasteiger partial charge in [-0.3, -0.25) is 4.79 Å². The van der Waals surface area contributed by atoms with Crippen LogP contribution in [0, 0.1) is 19.8 Å². The van der Waals surface area contributed by atoms with Gasteiger partial charge >= 0.3 is 0 Å². The molecule has 0 bridgehead atoms. The molecule has 1 aliphatic heterocycles. The Hall–Kier alpha value is -1.15. The number of halogens is 1. The summed E-state index contributed by atoms with van der Waals surface area (Å²) in [6, 6.07) is 5.48. The van der Waals surface area contributed by atoms with E-state index in [9.17, 15) is 13.2 Å². The third-order valence-corrected chi connectivity index (χ3v) is 7.00. The second-order valence-electron chi connectivity index (χ2n) is 7.13. The third-order valence-electron chi connectivity index (χ3n) is 4.96. The van der Waals surface area contributed by atoms with Gasteiger partial charge in [0.15, 0.2) is 0 Å². The van der Waals surface area contributed by atoms with E-state index in [1.807, 2.05) is 26.0 Å². The Kier molecular flexibility index (Phi) is 7.07. The SMILES string of the molecule is Cc1ccc(C)c(S(=O)(=O)N2CCN(C(=O)CNCC3CC3)CC2)c1.Cl. The van der Waals surface area contributed by atoms with Crippen molar-refractivity contribution in [3.63, 3.8) is 0 Å². The number of carbonyl (C=O) groups is 1. The zero-order valence-corrected chi connectivity index (χ0v) is 17.0. The molecule has 1 heterocycles. The number of aryl methyl sites for hydroxylation is 2. The van der Waals surface area contributed by atoms with Crippen LogP contribution in [-0.2, 0) is 14.8 Å². The first-order valence-electron chi connectivity index (χ1n) is 8.94. The molecule has 0 radical (unpaired) electrons. The van der Waals surface area contributed by atoms with E-state index in [-0.39, 0.29) is 18.3 Å². The largest absolute Gasteiger partial charge is 0.339 e. The van der Waals surface area contributed by atoms with Gasteiger partial charge in [-0.25, -0.2) is 8.42 Å². The van der Waals surface area contributed by atoms with Crippen LogP contribution in [0.3, 0.4) is 0 Å². The summed E-state index contributed by atoms with van der Waals surface area (Å²) in [7, 11) is -3.50. The van der Waals surface area contributed by atoms with Crippen molar-refractivity contribution in [1.82, 2.24) is 14.5 Å². The summed E-state index contributed by atoms with van der Waals surface area (Å²) in [6.45, 7) is 6.57. The molecule has 1 aromatic carbocycles. The molecule has 1 amide bonds. The molecule has 3 rings (SSSR count). The molecule has 0 atom stereocenters. The van der Waals surface area contributed by atoms with Gasteiger partial charge in [-0.05, 0) is 56.3 Å². The van der Waals surface area contributed by atoms with E-state index in [0.717, 1.165) is 23.6 Å². The maximum atomic E-state index is 12.9. The molecule has 146 valence electrons. The minimum absolute atomic E-state index is 0. The van der Waals surface area contributed by atoms with Crippen LogP contribution >= 0.6 is 12.4 Å². The lowest BCUT2D eigenvalue weighted by Gasteiger charge is -2.34. The van der Waals surface area contributed by atoms with Gasteiger partial charge in [0.05, 0.1) is 11.4 Å². The van der Waals surface area contributed by atoms with Crippen LogP contribution in [0.5, 0.6) is 0 Å². The fraction of sp³-hybridized carbons (Fsp3) is 0.611. The van der Waals surface area contributed by atoms with E-state index in [2.05, 4.69) is 5.32 Å². The van der Waals surface area contributed by atoms with Gasteiger partial charge in [0.1, 0.15) is 0 Å². The molecule has 6 nitrogen and oxygen atoms in total. The van der Waals surface area contributed by atoms with Gasteiger partial charge in [-0.15, -0.1) is 12.4 Å². The number of hydrogen-bond donors (Lipinski definition) is 1. The Labute approximate surface area is 162 Å². The Morgan fingerprint density at radius 3 is 2.42 bits per heavy atom. The Morgan fingerprint density at radius 1 is 1.15 bits per heavy atom. The van der Waals surface area contributed by atoms with E-state index in [1.54, 1.807) is 11.0 Å². The molecule has 0 unspecified atom stereocenters. The maximum absolute atomic E-state index is 12.9. The molecule has 2 aliphatic rings. The average Bonchev–Trinajstić information content (AvgIpc) is 3.41. The maximum Gasteiger partial charge on any atom is 0.243 e. The second kappa shape index (κ2) is 8.69. The van der Waals surface area contributed by atoms with Gasteiger partial charge < -0.3 is 10.2 Å². The van der Waals surface area contributed by atoms with Crippen molar-refractivity contribution >= 4 is 28.3 Å². The number of nitrogens with zero attached hydrogens (tertiary/aromatic N) is 2. The minimum Gasteiger partial charge on any atom is -0.339 e. The summed E-state index contributed by atoms with van der Waals surface area (Å²) in [5.74, 6) is 0.803. The number of piperazine rings is 1. The van der Waals surface area contributed by atoms with Crippen molar-refractivity contribution in [3.8, 4) is 0 Å². The number of rotatable bonds is 6. The zero-order chi connectivity index (χ0) is 18.0. The lowest BCUT2D eigenvalue weighted by Crippen LogP contribution is -2.52. The summed E-state index contributed by atoms with van der Waals surface area (Å²) in [4.78, 5) is 14.4. The number of carbonyl (C=O) groups excluding carboxylic acids is 1. The van der Waals surface area contributed by atoms with Gasteiger partial charge in [0.25, 0.3) is 0 Å². The van der Waals surface area contributed by atoms with Gasteiger partial charge in [0.2, 0.25) is 15.9 Å². The highest BCUT2D eigenvalue weighted by Gasteiger charge is 2.31. The molecule has 1 N–H and O–H groups in total. The molecule has 1 aliphatic carbocycles. The zero-order valence-electron chi connectivity index (χ0n) is 15.4. The topological polar surface area (TPSA) is 69.7 Å². The summed E-state index contributed by atoms with van der Waals surface area (Å²) >= 11 is 0. The monoisotopic (exact) mass is 401 g/mol.